The molecule has 1 spiro atoms. The number of carbonyl (C=O) groups excluding carboxylic acids is 1. The van der Waals surface area contributed by atoms with Crippen molar-refractivity contribution in [1.29, 1.82) is 5.26 Å². The summed E-state index contributed by atoms with van der Waals surface area (Å²) in [5.41, 5.74) is 18.2. The van der Waals surface area contributed by atoms with Crippen LogP contribution >= 0.6 is 22.9 Å². The third kappa shape index (κ3) is 8.15. The Morgan fingerprint density at radius 2 is 1.86 bits per heavy atom. The minimum Gasteiger partial charge on any atom is -0.508 e. The molecular weight excluding hydrogens is 744 g/mol. The van der Waals surface area contributed by atoms with E-state index < -0.39 is 0 Å². The summed E-state index contributed by atoms with van der Waals surface area (Å²) < 4.78 is 2.12. The van der Waals surface area contributed by atoms with Crippen LogP contribution in [-0.4, -0.2) is 60.5 Å². The van der Waals surface area contributed by atoms with Gasteiger partial charge < -0.3 is 26.8 Å². The first-order valence-corrected chi connectivity index (χ1v) is 20.0. The number of rotatable bonds is 5. The SMILES string of the molecule is Cc1sc2c(c1C)C(c1ccc(C#CC3CC4(C3)CN(/C(N)=C/C=C(\N)C(=O)NC3CCCCC3)C4)cn1)=NCc1nnc(C)n1-2.N#Cc1ccc(O)cc1Cl. The van der Waals surface area contributed by atoms with Gasteiger partial charge in [-0.2, -0.15) is 5.26 Å². The van der Waals surface area contributed by atoms with Gasteiger partial charge in [0.25, 0.3) is 5.91 Å². The zero-order valence-electron chi connectivity index (χ0n) is 31.8. The predicted molar refractivity (Wildman–Crippen MR) is 218 cm³/mol. The second-order valence-electron chi connectivity index (χ2n) is 15.1. The number of phenols is 1. The number of hydrogen-bond acceptors (Lipinski definition) is 11. The molecule has 288 valence electrons. The van der Waals surface area contributed by atoms with Crippen LogP contribution in [0.5, 0.6) is 5.75 Å². The molecular formula is C42H45ClN10O2S. The second kappa shape index (κ2) is 16.2. The Labute approximate surface area is 336 Å². The maximum Gasteiger partial charge on any atom is 0.267 e. The summed E-state index contributed by atoms with van der Waals surface area (Å²) in [7, 11) is 0. The molecule has 56 heavy (non-hydrogen) atoms. The van der Waals surface area contributed by atoms with Crippen molar-refractivity contribution in [1.82, 2.24) is 30.0 Å². The van der Waals surface area contributed by atoms with Gasteiger partial charge in [0.1, 0.15) is 29.2 Å². The number of aliphatic imine (C=N–C) groups is 1. The van der Waals surface area contributed by atoms with Gasteiger partial charge >= 0.3 is 0 Å². The number of nitrogens with one attached hydrogen (secondary N) is 1. The average Bonchev–Trinajstić information content (AvgIpc) is 3.61. The minimum atomic E-state index is -0.206. The Balaban J connectivity index is 0.000000420. The van der Waals surface area contributed by atoms with E-state index in [2.05, 4.69) is 50.7 Å². The zero-order valence-corrected chi connectivity index (χ0v) is 33.3. The molecule has 0 atom stereocenters. The number of halogens is 1. The molecule has 0 unspecified atom stereocenters. The molecule has 5 heterocycles. The number of fused-ring (bicyclic) bond motifs is 3. The predicted octanol–water partition coefficient (Wildman–Crippen LogP) is 6.07. The third-order valence-electron chi connectivity index (χ3n) is 11.0. The Bertz CT molecular complexity index is 2340. The van der Waals surface area contributed by atoms with Gasteiger partial charge in [0.05, 0.1) is 33.5 Å². The number of aromatic nitrogens is 4. The topological polar surface area (TPSA) is 184 Å². The summed E-state index contributed by atoms with van der Waals surface area (Å²) in [5, 5.41) is 30.3. The van der Waals surface area contributed by atoms with Crippen LogP contribution in [0.1, 0.15) is 89.4 Å². The standard InChI is InChI=1S/C35H41N9OS.C7H4ClNO/c1-21-22(2)46-34-31(21)32(39-18-30-42-41-23(3)44(30)34)28-13-11-24(17-38-28)9-10-25-15-35(16-25)19-43(20-35)29(37)14-12-27(36)33(45)40-26-7-5-4-6-8-26;8-7-3-6(10)2-1-5(7)4-9/h11-14,17,25-26H,4-8,15-16,18-20,36-37H2,1-3H3,(H,40,45);1-3,10H/b27-12-,29-14+;. The lowest BCUT2D eigenvalue weighted by molar-refractivity contribution is -0.118. The molecule has 1 aromatic carbocycles. The number of thiophene rings is 1. The number of likely N-dealkylation sites (tertiary alicyclic amines) is 1. The normalized spacial score (nSPS) is 17.7. The van der Waals surface area contributed by atoms with E-state index in [9.17, 15) is 4.79 Å². The molecule has 14 heteroatoms. The highest BCUT2D eigenvalue weighted by molar-refractivity contribution is 7.15. The molecule has 12 nitrogen and oxygen atoms in total. The highest BCUT2D eigenvalue weighted by Gasteiger charge is 2.52. The van der Waals surface area contributed by atoms with Gasteiger partial charge in [0, 0.05) is 52.7 Å². The van der Waals surface area contributed by atoms with Gasteiger partial charge in [-0.05, 0) is 94.5 Å². The maximum atomic E-state index is 12.4. The molecule has 3 fully saturated rings. The van der Waals surface area contributed by atoms with Crippen molar-refractivity contribution in [3.05, 3.63) is 110 Å². The largest absolute Gasteiger partial charge is 0.508 e. The first-order valence-electron chi connectivity index (χ1n) is 18.8. The fraction of sp³-hybridized carbons (Fsp3) is 0.381. The number of hydrogen-bond donors (Lipinski definition) is 4. The fourth-order valence-corrected chi connectivity index (χ4v) is 9.25. The Morgan fingerprint density at radius 1 is 1.09 bits per heavy atom. The van der Waals surface area contributed by atoms with Crippen LogP contribution in [0, 0.1) is 55.3 Å². The van der Waals surface area contributed by atoms with Crippen LogP contribution in [-0.2, 0) is 11.3 Å². The Kier molecular flexibility index (Phi) is 11.2. The van der Waals surface area contributed by atoms with Crippen LogP contribution in [0.15, 0.2) is 65.2 Å². The lowest BCUT2D eigenvalue weighted by Gasteiger charge is -2.58. The molecule has 0 bridgehead atoms. The average molecular weight is 789 g/mol. The third-order valence-corrected chi connectivity index (χ3v) is 12.5. The molecule has 4 aliphatic rings. The summed E-state index contributed by atoms with van der Waals surface area (Å²) >= 11 is 7.30. The monoisotopic (exact) mass is 788 g/mol. The molecule has 3 aromatic heterocycles. The number of nitrogens with two attached hydrogens (primary N) is 2. The first-order chi connectivity index (χ1) is 26.9. The van der Waals surface area contributed by atoms with Crippen LogP contribution < -0.4 is 16.8 Å². The summed E-state index contributed by atoms with van der Waals surface area (Å²) in [6.07, 6.45) is 13.0. The number of amides is 1. The fourth-order valence-electron chi connectivity index (χ4n) is 7.81. The molecule has 2 aliphatic heterocycles. The number of nitrogens with zero attached hydrogens (tertiary/aromatic N) is 7. The zero-order chi connectivity index (χ0) is 39.6. The molecule has 6 N–H and O–H groups in total. The van der Waals surface area contributed by atoms with Crippen molar-refractivity contribution in [3.63, 3.8) is 0 Å². The molecule has 1 amide bonds. The van der Waals surface area contributed by atoms with Gasteiger partial charge in [-0.3, -0.25) is 19.3 Å². The second-order valence-corrected chi connectivity index (χ2v) is 16.7. The van der Waals surface area contributed by atoms with Gasteiger partial charge in [-0.25, -0.2) is 0 Å². The van der Waals surface area contributed by atoms with Crippen molar-refractivity contribution in [3.8, 4) is 28.7 Å². The number of aromatic hydroxyl groups is 1. The lowest BCUT2D eigenvalue weighted by Crippen LogP contribution is -2.62. The van der Waals surface area contributed by atoms with E-state index in [1.807, 2.05) is 31.3 Å². The number of allylic oxidation sites excluding steroid dienone is 2. The first kappa shape index (κ1) is 38.6. The van der Waals surface area contributed by atoms with Gasteiger partial charge in [-0.15, -0.1) is 21.5 Å². The van der Waals surface area contributed by atoms with Crippen molar-refractivity contribution in [2.24, 2.45) is 27.8 Å². The molecule has 1 saturated heterocycles. The van der Waals surface area contributed by atoms with Crippen LogP contribution in [0.2, 0.25) is 5.02 Å². The van der Waals surface area contributed by atoms with Crippen LogP contribution in [0.3, 0.4) is 0 Å². The van der Waals surface area contributed by atoms with Crippen molar-refractivity contribution < 1.29 is 9.90 Å². The quantitative estimate of drug-likeness (QED) is 0.106. The summed E-state index contributed by atoms with van der Waals surface area (Å²) in [6, 6.07) is 10.4. The molecule has 8 rings (SSSR count). The number of nitriles is 1. The van der Waals surface area contributed by atoms with E-state index in [0.29, 0.717) is 23.8 Å². The lowest BCUT2D eigenvalue weighted by atomic mass is 9.58. The molecule has 4 aromatic rings. The van der Waals surface area contributed by atoms with E-state index in [0.717, 1.165) is 90.8 Å². The van der Waals surface area contributed by atoms with Gasteiger partial charge in [0.15, 0.2) is 5.82 Å². The van der Waals surface area contributed by atoms with Gasteiger partial charge in [-0.1, -0.05) is 42.7 Å². The number of benzene rings is 1. The van der Waals surface area contributed by atoms with E-state index in [4.69, 9.17) is 43.4 Å². The maximum absolute atomic E-state index is 12.4. The highest BCUT2D eigenvalue weighted by atomic mass is 35.5. The number of aryl methyl sites for hydroxylation is 2. The van der Waals surface area contributed by atoms with Crippen molar-refractivity contribution in [2.75, 3.05) is 13.1 Å². The van der Waals surface area contributed by atoms with E-state index >= 15 is 0 Å². The molecule has 0 radical (unpaired) electrons. The highest BCUT2D eigenvalue weighted by Crippen LogP contribution is 2.52. The Hall–Kier alpha value is -5.63. The molecule has 2 aliphatic carbocycles. The van der Waals surface area contributed by atoms with E-state index in [1.54, 1.807) is 23.5 Å². The minimum absolute atomic E-state index is 0.0731. The molecule has 2 saturated carbocycles. The number of pyridine rings is 1. The van der Waals surface area contributed by atoms with E-state index in [1.165, 1.54) is 35.1 Å². The number of carbonyl (C=O) groups is 1. The van der Waals surface area contributed by atoms with Crippen LogP contribution in [0.4, 0.5) is 0 Å². The number of phenolic OH excluding ortho intramolecular Hbond substituents is 1. The van der Waals surface area contributed by atoms with E-state index in [-0.39, 0.29) is 33.8 Å². The van der Waals surface area contributed by atoms with Crippen LogP contribution in [0.25, 0.3) is 5.00 Å². The smallest absolute Gasteiger partial charge is 0.267 e. The summed E-state index contributed by atoms with van der Waals surface area (Å²) in [4.78, 5) is 25.6. The summed E-state index contributed by atoms with van der Waals surface area (Å²) in [5.74, 6) is 9.42. The Morgan fingerprint density at radius 3 is 2.55 bits per heavy atom. The van der Waals surface area contributed by atoms with Crippen molar-refractivity contribution >= 4 is 34.6 Å². The summed E-state index contributed by atoms with van der Waals surface area (Å²) in [6.45, 7) is 8.55. The van der Waals surface area contributed by atoms with Crippen molar-refractivity contribution in [2.45, 2.75) is 78.3 Å². The van der Waals surface area contributed by atoms with Gasteiger partial charge in [0.2, 0.25) is 0 Å².